The van der Waals surface area contributed by atoms with E-state index < -0.39 is 7.38 Å². The maximum atomic E-state index is 6.75. The summed E-state index contributed by atoms with van der Waals surface area (Å²) in [4.78, 5) is 0. The first-order valence-corrected chi connectivity index (χ1v) is 19.4. The van der Waals surface area contributed by atoms with Gasteiger partial charge in [-0.05, 0) is 12.0 Å². The lowest BCUT2D eigenvalue weighted by molar-refractivity contribution is 0.427. The average Bonchev–Trinajstić information content (AvgIpc) is 2.74. The number of hydrogen-bond donors (Lipinski definition) is 0. The second-order valence-electron chi connectivity index (χ2n) is 11.4. The highest BCUT2D eigenvalue weighted by Crippen LogP contribution is 2.29. The van der Waals surface area contributed by atoms with Gasteiger partial charge in [-0.15, -0.1) is 0 Å². The van der Waals surface area contributed by atoms with Crippen molar-refractivity contribution in [1.29, 1.82) is 0 Å². The molecule has 194 valence electrons. The maximum Gasteiger partial charge on any atom is 0.150 e. The fourth-order valence-electron chi connectivity index (χ4n) is 5.23. The molecule has 0 saturated heterocycles. The Morgan fingerprint density at radius 2 is 0.688 bits per heavy atom. The van der Waals surface area contributed by atoms with Gasteiger partial charge in [0.2, 0.25) is 0 Å². The van der Waals surface area contributed by atoms with Gasteiger partial charge in [0.25, 0.3) is 0 Å². The number of hydrogen-bond acceptors (Lipinski definition) is 0. The Bertz CT molecular complexity index is 349. The third-order valence-electron chi connectivity index (χ3n) is 7.21. The van der Waals surface area contributed by atoms with E-state index in [9.17, 15) is 0 Å². The predicted molar refractivity (Wildman–Crippen MR) is 154 cm³/mol. The molecule has 0 aliphatic heterocycles. The molecule has 0 heterocycles. The molecule has 32 heavy (non-hydrogen) atoms. The van der Waals surface area contributed by atoms with Crippen molar-refractivity contribution < 1.29 is 0 Å². The first kappa shape index (κ1) is 32.5. The lowest BCUT2D eigenvalue weighted by atomic mass is 9.95. The molecule has 1 atom stereocenters. The maximum absolute atomic E-state index is 6.75. The van der Waals surface area contributed by atoms with Crippen molar-refractivity contribution in [3.63, 3.8) is 0 Å². The Morgan fingerprint density at radius 3 is 0.938 bits per heavy atom. The monoisotopic (exact) mass is 486 g/mol. The topological polar surface area (TPSA) is 0 Å². The number of unbranched alkanes of at least 4 members (excludes halogenated alkanes) is 20. The van der Waals surface area contributed by atoms with E-state index in [0.717, 1.165) is 5.92 Å². The van der Waals surface area contributed by atoms with Crippen LogP contribution in [0.4, 0.5) is 0 Å². The van der Waals surface area contributed by atoms with Crippen LogP contribution in [0.3, 0.4) is 0 Å². The Morgan fingerprint density at radius 1 is 0.438 bits per heavy atom. The molecule has 0 aromatic heterocycles. The third-order valence-corrected chi connectivity index (χ3v) is 9.22. The highest BCUT2D eigenvalue weighted by molar-refractivity contribution is 7.19. The smallest absolute Gasteiger partial charge is 0.150 e. The first-order valence-electron chi connectivity index (χ1n) is 15.2. The van der Waals surface area contributed by atoms with Crippen molar-refractivity contribution in [2.45, 2.75) is 187 Å². The SMILES string of the molecule is CCCCCCCCCCCCCCC(CCCCCCCCCCCC)C[Si](C)(C)Cl. The summed E-state index contributed by atoms with van der Waals surface area (Å²) in [5.74, 6) is 0.909. The van der Waals surface area contributed by atoms with Crippen molar-refractivity contribution in [2.75, 3.05) is 0 Å². The second-order valence-corrected chi connectivity index (χ2v) is 18.4. The molecule has 0 rings (SSSR count). The van der Waals surface area contributed by atoms with Gasteiger partial charge in [0.15, 0.2) is 7.38 Å². The van der Waals surface area contributed by atoms with E-state index in [2.05, 4.69) is 26.9 Å². The molecular weight excluding hydrogens is 424 g/mol. The fraction of sp³-hybridized carbons (Fsp3) is 1.00. The summed E-state index contributed by atoms with van der Waals surface area (Å²) in [6.07, 6.45) is 34.8. The average molecular weight is 487 g/mol. The lowest BCUT2D eigenvalue weighted by Gasteiger charge is -2.23. The van der Waals surface area contributed by atoms with Gasteiger partial charge in [0.05, 0.1) is 0 Å². The van der Waals surface area contributed by atoms with E-state index in [1.54, 1.807) is 0 Å². The van der Waals surface area contributed by atoms with Gasteiger partial charge in [-0.3, -0.25) is 0 Å². The van der Waals surface area contributed by atoms with Crippen LogP contribution in [0, 0.1) is 5.92 Å². The molecule has 0 spiro atoms. The zero-order valence-corrected chi connectivity index (χ0v) is 24.9. The minimum Gasteiger partial charge on any atom is -0.168 e. The van der Waals surface area contributed by atoms with Crippen molar-refractivity contribution in [1.82, 2.24) is 0 Å². The van der Waals surface area contributed by atoms with Gasteiger partial charge in [-0.25, -0.2) is 0 Å². The van der Waals surface area contributed by atoms with Gasteiger partial charge in [-0.2, -0.15) is 11.1 Å². The van der Waals surface area contributed by atoms with Crippen LogP contribution in [-0.4, -0.2) is 7.38 Å². The molecular formula is C30H63ClSi. The highest BCUT2D eigenvalue weighted by Gasteiger charge is 2.22. The van der Waals surface area contributed by atoms with Crippen LogP contribution in [0.1, 0.15) is 168 Å². The van der Waals surface area contributed by atoms with E-state index in [0.29, 0.717) is 0 Å². The Labute approximate surface area is 211 Å². The molecule has 0 aliphatic rings. The van der Waals surface area contributed by atoms with Gasteiger partial charge >= 0.3 is 0 Å². The molecule has 0 N–H and O–H groups in total. The van der Waals surface area contributed by atoms with Crippen LogP contribution in [0.2, 0.25) is 19.1 Å². The van der Waals surface area contributed by atoms with Crippen LogP contribution in [-0.2, 0) is 0 Å². The van der Waals surface area contributed by atoms with Gasteiger partial charge in [0.1, 0.15) is 0 Å². The Hall–Kier alpha value is 0.507. The molecule has 0 aromatic rings. The lowest BCUT2D eigenvalue weighted by Crippen LogP contribution is -2.21. The minimum absolute atomic E-state index is 0.909. The Balaban J connectivity index is 3.66. The summed E-state index contributed by atoms with van der Waals surface area (Å²) in [6, 6.07) is 1.34. The number of rotatable bonds is 26. The summed E-state index contributed by atoms with van der Waals surface area (Å²) in [7, 11) is -1.45. The quantitative estimate of drug-likeness (QED) is 0.0647. The van der Waals surface area contributed by atoms with Crippen LogP contribution in [0.5, 0.6) is 0 Å². The molecule has 0 amide bonds. The van der Waals surface area contributed by atoms with E-state index in [-0.39, 0.29) is 0 Å². The fourth-order valence-corrected chi connectivity index (χ4v) is 7.67. The second kappa shape index (κ2) is 24.6. The van der Waals surface area contributed by atoms with Gasteiger partial charge < -0.3 is 0 Å². The zero-order valence-electron chi connectivity index (χ0n) is 23.1. The molecule has 0 saturated carbocycles. The van der Waals surface area contributed by atoms with Crippen LogP contribution in [0.25, 0.3) is 0 Å². The molecule has 0 aromatic carbocycles. The van der Waals surface area contributed by atoms with E-state index in [1.165, 1.54) is 160 Å². The molecule has 0 aliphatic carbocycles. The summed E-state index contributed by atoms with van der Waals surface area (Å²) in [5.41, 5.74) is 0. The third kappa shape index (κ3) is 26.8. The minimum atomic E-state index is -1.45. The molecule has 0 bridgehead atoms. The zero-order chi connectivity index (χ0) is 23.8. The highest BCUT2D eigenvalue weighted by atomic mass is 35.6. The van der Waals surface area contributed by atoms with Crippen LogP contribution >= 0.6 is 11.1 Å². The van der Waals surface area contributed by atoms with Crippen molar-refractivity contribution in [3.05, 3.63) is 0 Å². The molecule has 0 radical (unpaired) electrons. The van der Waals surface area contributed by atoms with Crippen molar-refractivity contribution >= 4 is 18.5 Å². The largest absolute Gasteiger partial charge is 0.168 e. The summed E-state index contributed by atoms with van der Waals surface area (Å²) in [5, 5.41) is 0. The van der Waals surface area contributed by atoms with Crippen molar-refractivity contribution in [3.8, 4) is 0 Å². The van der Waals surface area contributed by atoms with Crippen molar-refractivity contribution in [2.24, 2.45) is 5.92 Å². The normalized spacial score (nSPS) is 13.0. The predicted octanol–water partition coefficient (Wildman–Crippen LogP) is 12.4. The van der Waals surface area contributed by atoms with Gasteiger partial charge in [0, 0.05) is 0 Å². The van der Waals surface area contributed by atoms with E-state index in [1.807, 2.05) is 0 Å². The van der Waals surface area contributed by atoms with Gasteiger partial charge in [-0.1, -0.05) is 181 Å². The first-order chi connectivity index (χ1) is 15.5. The molecule has 1 unspecified atom stereocenters. The molecule has 0 nitrogen and oxygen atoms in total. The number of halogens is 1. The summed E-state index contributed by atoms with van der Waals surface area (Å²) < 4.78 is 0. The van der Waals surface area contributed by atoms with Crippen LogP contribution in [0.15, 0.2) is 0 Å². The standard InChI is InChI=1S/C30H63ClSi/c1-5-7-9-11-13-15-17-18-20-22-24-26-28-30(29-32(3,4)31)27-25-23-21-19-16-14-12-10-8-6-2/h30H,5-29H2,1-4H3. The molecule has 0 fully saturated rings. The Kier molecular flexibility index (Phi) is 25.0. The molecule has 2 heteroatoms. The van der Waals surface area contributed by atoms with E-state index in [4.69, 9.17) is 11.1 Å². The van der Waals surface area contributed by atoms with E-state index >= 15 is 0 Å². The van der Waals surface area contributed by atoms with Crippen LogP contribution < -0.4 is 0 Å². The summed E-state index contributed by atoms with van der Waals surface area (Å²) >= 11 is 6.75. The summed E-state index contributed by atoms with van der Waals surface area (Å²) in [6.45, 7) is 9.31.